The van der Waals surface area contributed by atoms with Crippen molar-refractivity contribution in [2.75, 3.05) is 31.1 Å². The Labute approximate surface area is 93.5 Å². The van der Waals surface area contributed by atoms with E-state index in [1.807, 2.05) is 13.0 Å². The first kappa shape index (κ1) is 9.59. The molecule has 3 heterocycles. The summed E-state index contributed by atoms with van der Waals surface area (Å²) < 4.78 is 5.41. The van der Waals surface area contributed by atoms with Crippen LogP contribution >= 0.6 is 0 Å². The molecule has 0 unspecified atom stereocenters. The molecule has 0 atom stereocenters. The summed E-state index contributed by atoms with van der Waals surface area (Å²) in [4.78, 5) is 11.0. The molecule has 0 radical (unpaired) electrons. The molecule has 2 aromatic rings. The van der Waals surface area contributed by atoms with Gasteiger partial charge in [-0.15, -0.1) is 0 Å². The third-order valence-electron chi connectivity index (χ3n) is 2.81. The van der Waals surface area contributed by atoms with Gasteiger partial charge in [0.05, 0.1) is 6.20 Å². The van der Waals surface area contributed by atoms with Crippen molar-refractivity contribution in [3.8, 4) is 0 Å². The fourth-order valence-corrected chi connectivity index (χ4v) is 2.01. The van der Waals surface area contributed by atoms with Gasteiger partial charge in [0.1, 0.15) is 11.3 Å². The molecular weight excluding hydrogens is 204 g/mol. The third-order valence-corrected chi connectivity index (χ3v) is 2.81. The summed E-state index contributed by atoms with van der Waals surface area (Å²) in [6, 6.07) is 2.00. The van der Waals surface area contributed by atoms with Crippen molar-refractivity contribution in [1.82, 2.24) is 15.3 Å². The average molecular weight is 218 g/mol. The lowest BCUT2D eigenvalue weighted by Gasteiger charge is -2.28. The van der Waals surface area contributed by atoms with Crippen molar-refractivity contribution in [3.05, 3.63) is 18.2 Å². The number of anilines is 1. The maximum atomic E-state index is 5.41. The van der Waals surface area contributed by atoms with E-state index in [4.69, 9.17) is 4.42 Å². The molecule has 1 saturated heterocycles. The minimum Gasteiger partial charge on any atom is -0.439 e. The number of aromatic nitrogens is 2. The third kappa shape index (κ3) is 1.63. The van der Waals surface area contributed by atoms with E-state index in [1.165, 1.54) is 0 Å². The van der Waals surface area contributed by atoms with E-state index in [1.54, 1.807) is 6.20 Å². The summed E-state index contributed by atoms with van der Waals surface area (Å²) in [5.41, 5.74) is 1.65. The van der Waals surface area contributed by atoms with Crippen LogP contribution in [0, 0.1) is 6.92 Å². The molecule has 1 N–H and O–H groups in total. The second-order valence-electron chi connectivity index (χ2n) is 3.98. The highest BCUT2D eigenvalue weighted by atomic mass is 16.3. The molecule has 0 saturated carbocycles. The molecule has 0 spiro atoms. The maximum absolute atomic E-state index is 5.41. The molecule has 1 aliphatic rings. The number of oxazole rings is 1. The van der Waals surface area contributed by atoms with Crippen LogP contribution in [0.15, 0.2) is 16.7 Å². The Morgan fingerprint density at radius 1 is 1.38 bits per heavy atom. The van der Waals surface area contributed by atoms with Crippen molar-refractivity contribution < 1.29 is 4.42 Å². The van der Waals surface area contributed by atoms with Gasteiger partial charge in [0.25, 0.3) is 0 Å². The zero-order valence-electron chi connectivity index (χ0n) is 9.23. The predicted octanol–water partition coefficient (Wildman–Crippen LogP) is 0.941. The van der Waals surface area contributed by atoms with Crippen LogP contribution in [0.2, 0.25) is 0 Å². The summed E-state index contributed by atoms with van der Waals surface area (Å²) in [7, 11) is 0. The van der Waals surface area contributed by atoms with Gasteiger partial charge in [0.2, 0.25) is 0 Å². The Balaban J connectivity index is 1.97. The molecule has 16 heavy (non-hydrogen) atoms. The van der Waals surface area contributed by atoms with E-state index in [2.05, 4.69) is 20.2 Å². The number of pyridine rings is 1. The smallest absolute Gasteiger partial charge is 0.192 e. The Bertz CT molecular complexity index is 502. The first-order chi connectivity index (χ1) is 7.83. The van der Waals surface area contributed by atoms with Crippen LogP contribution < -0.4 is 10.2 Å². The van der Waals surface area contributed by atoms with Gasteiger partial charge in [-0.05, 0) is 0 Å². The summed E-state index contributed by atoms with van der Waals surface area (Å²) in [6.45, 7) is 5.87. The van der Waals surface area contributed by atoms with Crippen molar-refractivity contribution in [3.63, 3.8) is 0 Å². The molecule has 0 aromatic carbocycles. The largest absolute Gasteiger partial charge is 0.439 e. The number of nitrogens with zero attached hydrogens (tertiary/aromatic N) is 3. The van der Waals surface area contributed by atoms with Crippen LogP contribution in [0.3, 0.4) is 0 Å². The predicted molar refractivity (Wildman–Crippen MR) is 61.6 cm³/mol. The number of piperazine rings is 1. The lowest BCUT2D eigenvalue weighted by molar-refractivity contribution is 0.559. The van der Waals surface area contributed by atoms with Crippen molar-refractivity contribution in [2.45, 2.75) is 6.92 Å². The summed E-state index contributed by atoms with van der Waals surface area (Å²) in [6.07, 6.45) is 1.76. The summed E-state index contributed by atoms with van der Waals surface area (Å²) in [5.74, 6) is 1.68. The van der Waals surface area contributed by atoms with Gasteiger partial charge in [-0.25, -0.2) is 9.97 Å². The number of hydrogen-bond donors (Lipinski definition) is 1. The van der Waals surface area contributed by atoms with Crippen LogP contribution in [-0.4, -0.2) is 36.1 Å². The van der Waals surface area contributed by atoms with E-state index >= 15 is 0 Å². The fourth-order valence-electron chi connectivity index (χ4n) is 2.01. The van der Waals surface area contributed by atoms with Gasteiger partial charge in [-0.3, -0.25) is 0 Å². The normalized spacial score (nSPS) is 16.9. The highest BCUT2D eigenvalue weighted by molar-refractivity contribution is 5.75. The molecule has 1 fully saturated rings. The Kier molecular flexibility index (Phi) is 2.25. The van der Waals surface area contributed by atoms with Crippen LogP contribution in [-0.2, 0) is 0 Å². The van der Waals surface area contributed by atoms with E-state index in [0.717, 1.165) is 43.1 Å². The van der Waals surface area contributed by atoms with Crippen molar-refractivity contribution in [2.24, 2.45) is 0 Å². The second kappa shape index (κ2) is 3.75. The lowest BCUT2D eigenvalue weighted by Crippen LogP contribution is -2.43. The number of nitrogens with one attached hydrogen (secondary N) is 1. The molecule has 2 aromatic heterocycles. The van der Waals surface area contributed by atoms with Crippen LogP contribution in [0.4, 0.5) is 5.82 Å². The monoisotopic (exact) mass is 218 g/mol. The Morgan fingerprint density at radius 2 is 2.19 bits per heavy atom. The van der Waals surface area contributed by atoms with E-state index in [9.17, 15) is 0 Å². The number of fused-ring (bicyclic) bond motifs is 1. The van der Waals surface area contributed by atoms with Gasteiger partial charge in [-0.2, -0.15) is 0 Å². The summed E-state index contributed by atoms with van der Waals surface area (Å²) in [5, 5.41) is 3.32. The van der Waals surface area contributed by atoms with Gasteiger partial charge >= 0.3 is 0 Å². The molecule has 5 heteroatoms. The molecule has 0 amide bonds. The van der Waals surface area contributed by atoms with Crippen molar-refractivity contribution >= 4 is 16.9 Å². The Hall–Kier alpha value is -1.62. The molecule has 0 aliphatic carbocycles. The number of hydrogen-bond acceptors (Lipinski definition) is 5. The van der Waals surface area contributed by atoms with E-state index < -0.39 is 0 Å². The first-order valence-electron chi connectivity index (χ1n) is 5.52. The van der Waals surface area contributed by atoms with Gasteiger partial charge in [0, 0.05) is 39.2 Å². The number of rotatable bonds is 1. The maximum Gasteiger partial charge on any atom is 0.192 e. The SMILES string of the molecule is Cc1nc2cc(N3CCNCC3)ncc2o1. The van der Waals surface area contributed by atoms with E-state index in [-0.39, 0.29) is 0 Å². The minimum absolute atomic E-state index is 0.689. The number of aryl methyl sites for hydroxylation is 1. The van der Waals surface area contributed by atoms with Crippen LogP contribution in [0.1, 0.15) is 5.89 Å². The fraction of sp³-hybridized carbons (Fsp3) is 0.455. The second-order valence-corrected chi connectivity index (χ2v) is 3.98. The molecule has 3 rings (SSSR count). The van der Waals surface area contributed by atoms with E-state index in [0.29, 0.717) is 5.89 Å². The van der Waals surface area contributed by atoms with Gasteiger partial charge < -0.3 is 14.6 Å². The molecule has 84 valence electrons. The molecule has 5 nitrogen and oxygen atoms in total. The van der Waals surface area contributed by atoms with Crippen LogP contribution in [0.5, 0.6) is 0 Å². The Morgan fingerprint density at radius 3 is 3.00 bits per heavy atom. The quantitative estimate of drug-likeness (QED) is 0.772. The zero-order valence-corrected chi connectivity index (χ0v) is 9.23. The molecule has 1 aliphatic heterocycles. The van der Waals surface area contributed by atoms with Gasteiger partial charge in [-0.1, -0.05) is 0 Å². The highest BCUT2D eigenvalue weighted by Crippen LogP contribution is 2.19. The molecule has 0 bridgehead atoms. The van der Waals surface area contributed by atoms with Gasteiger partial charge in [0.15, 0.2) is 11.5 Å². The highest BCUT2D eigenvalue weighted by Gasteiger charge is 2.13. The lowest BCUT2D eigenvalue weighted by atomic mass is 10.3. The first-order valence-corrected chi connectivity index (χ1v) is 5.52. The minimum atomic E-state index is 0.689. The average Bonchev–Trinajstić information content (AvgIpc) is 2.69. The topological polar surface area (TPSA) is 54.2 Å². The molecular formula is C11H14N4O. The zero-order chi connectivity index (χ0) is 11.0. The van der Waals surface area contributed by atoms with Crippen molar-refractivity contribution in [1.29, 1.82) is 0 Å². The summed E-state index contributed by atoms with van der Waals surface area (Å²) >= 11 is 0. The van der Waals surface area contributed by atoms with Crippen LogP contribution in [0.25, 0.3) is 11.1 Å². The standard InChI is InChI=1S/C11H14N4O/c1-8-14-9-6-11(13-7-10(9)16-8)15-4-2-12-3-5-15/h6-7,12H,2-5H2,1H3.